The molecule has 1 saturated heterocycles. The van der Waals surface area contributed by atoms with Gasteiger partial charge in [0.2, 0.25) is 5.91 Å². The van der Waals surface area contributed by atoms with E-state index in [0.717, 1.165) is 0 Å². The van der Waals surface area contributed by atoms with Crippen LogP contribution in [0.25, 0.3) is 0 Å². The highest BCUT2D eigenvalue weighted by Crippen LogP contribution is 2.35. The van der Waals surface area contributed by atoms with E-state index in [1.165, 1.54) is 30.2 Å². The molecule has 0 spiro atoms. The van der Waals surface area contributed by atoms with Crippen LogP contribution in [-0.4, -0.2) is 53.3 Å². The molecule has 0 aromatic heterocycles. The Balaban J connectivity index is 1.82. The third-order valence-electron chi connectivity index (χ3n) is 5.46. The molecule has 3 rings (SSSR count). The van der Waals surface area contributed by atoms with Crippen molar-refractivity contribution in [2.75, 3.05) is 20.2 Å². The van der Waals surface area contributed by atoms with Crippen molar-refractivity contribution < 1.29 is 28.9 Å². The molecule has 0 radical (unpaired) electrons. The van der Waals surface area contributed by atoms with Crippen LogP contribution in [0.4, 0.5) is 4.39 Å². The summed E-state index contributed by atoms with van der Waals surface area (Å²) in [5.41, 5.74) is -0.303. The van der Waals surface area contributed by atoms with Crippen molar-refractivity contribution in [1.82, 2.24) is 4.90 Å². The maximum Gasteiger partial charge on any atom is 0.314 e. The number of hydrogen-bond acceptors (Lipinski definition) is 4. The van der Waals surface area contributed by atoms with Gasteiger partial charge in [0.25, 0.3) is 0 Å². The summed E-state index contributed by atoms with van der Waals surface area (Å²) in [6.45, 7) is 0.136. The minimum atomic E-state index is -1.53. The SMILES string of the molecule is COc1cccc(C[C@@]2(C(=O)O)CN(C(=O)Cc3cccc(F)c3)CC[C@@H]2O)c1. The number of amides is 1. The van der Waals surface area contributed by atoms with Gasteiger partial charge in [-0.3, -0.25) is 9.59 Å². The Labute approximate surface area is 168 Å². The third-order valence-corrected chi connectivity index (χ3v) is 5.46. The van der Waals surface area contributed by atoms with Crippen molar-refractivity contribution in [3.8, 4) is 5.75 Å². The standard InChI is InChI=1S/C22H24FNO5/c1-29-18-7-3-5-16(11-18)13-22(21(27)28)14-24(9-8-19(22)25)20(26)12-15-4-2-6-17(23)10-15/h2-7,10-11,19,25H,8-9,12-14H2,1H3,(H,27,28)/t19-,22+/m0/s1. The number of carboxylic acid groups (broad SMARTS) is 1. The van der Waals surface area contributed by atoms with E-state index in [1.807, 2.05) is 0 Å². The number of benzene rings is 2. The molecule has 2 N–H and O–H groups in total. The monoisotopic (exact) mass is 401 g/mol. The van der Waals surface area contributed by atoms with Crippen molar-refractivity contribution in [3.63, 3.8) is 0 Å². The lowest BCUT2D eigenvalue weighted by Gasteiger charge is -2.43. The van der Waals surface area contributed by atoms with Crippen LogP contribution in [0, 0.1) is 11.2 Å². The molecule has 2 aromatic carbocycles. The number of nitrogens with zero attached hydrogens (tertiary/aromatic N) is 1. The van der Waals surface area contributed by atoms with Gasteiger partial charge in [0.1, 0.15) is 17.0 Å². The molecule has 0 bridgehead atoms. The van der Waals surface area contributed by atoms with Crippen LogP contribution in [-0.2, 0) is 22.4 Å². The van der Waals surface area contributed by atoms with Gasteiger partial charge in [-0.25, -0.2) is 4.39 Å². The largest absolute Gasteiger partial charge is 0.497 e. The van der Waals surface area contributed by atoms with Crippen LogP contribution in [0.1, 0.15) is 17.5 Å². The van der Waals surface area contributed by atoms with Gasteiger partial charge < -0.3 is 19.8 Å². The summed E-state index contributed by atoms with van der Waals surface area (Å²) < 4.78 is 18.6. The number of aliphatic hydroxyl groups is 1. The zero-order valence-corrected chi connectivity index (χ0v) is 16.2. The van der Waals surface area contributed by atoms with Crippen molar-refractivity contribution in [2.45, 2.75) is 25.4 Å². The number of rotatable bonds is 6. The number of halogens is 1. The molecule has 1 aliphatic heterocycles. The topological polar surface area (TPSA) is 87.1 Å². The summed E-state index contributed by atoms with van der Waals surface area (Å²) in [5.74, 6) is -1.29. The molecule has 7 heteroatoms. The van der Waals surface area contributed by atoms with Crippen molar-refractivity contribution in [3.05, 3.63) is 65.5 Å². The van der Waals surface area contributed by atoms with Gasteiger partial charge in [0, 0.05) is 13.1 Å². The molecule has 2 aromatic rings. The average Bonchev–Trinajstić information content (AvgIpc) is 2.69. The van der Waals surface area contributed by atoms with Gasteiger partial charge in [0.15, 0.2) is 0 Å². The molecule has 0 aliphatic carbocycles. The second kappa shape index (κ2) is 8.61. The van der Waals surface area contributed by atoms with E-state index in [0.29, 0.717) is 16.9 Å². The fourth-order valence-corrected chi connectivity index (χ4v) is 3.83. The first-order chi connectivity index (χ1) is 13.8. The maximum absolute atomic E-state index is 13.4. The Hall–Kier alpha value is -2.93. The molecular weight excluding hydrogens is 377 g/mol. The maximum atomic E-state index is 13.4. The average molecular weight is 401 g/mol. The number of likely N-dealkylation sites (tertiary alicyclic amines) is 1. The van der Waals surface area contributed by atoms with Crippen LogP contribution in [0.3, 0.4) is 0 Å². The number of carbonyl (C=O) groups excluding carboxylic acids is 1. The highest BCUT2D eigenvalue weighted by molar-refractivity contribution is 5.82. The fraction of sp³-hybridized carbons (Fsp3) is 0.364. The summed E-state index contributed by atoms with van der Waals surface area (Å²) >= 11 is 0. The van der Waals surface area contributed by atoms with Gasteiger partial charge in [-0.1, -0.05) is 24.3 Å². The molecular formula is C22H24FNO5. The molecule has 1 amide bonds. The summed E-state index contributed by atoms with van der Waals surface area (Å²) in [6, 6.07) is 12.8. The summed E-state index contributed by atoms with van der Waals surface area (Å²) in [7, 11) is 1.52. The number of methoxy groups -OCH3 is 1. The minimum Gasteiger partial charge on any atom is -0.497 e. The van der Waals surface area contributed by atoms with Gasteiger partial charge >= 0.3 is 5.97 Å². The number of hydrogen-bond donors (Lipinski definition) is 2. The van der Waals surface area contributed by atoms with Crippen molar-refractivity contribution in [2.24, 2.45) is 5.41 Å². The van der Waals surface area contributed by atoms with E-state index in [-0.39, 0.29) is 38.3 Å². The normalized spacial score (nSPS) is 21.6. The molecule has 1 heterocycles. The zero-order valence-electron chi connectivity index (χ0n) is 16.2. The second-order valence-electron chi connectivity index (χ2n) is 7.42. The van der Waals surface area contributed by atoms with Crippen LogP contribution in [0.5, 0.6) is 5.75 Å². The first-order valence-corrected chi connectivity index (χ1v) is 9.40. The number of carbonyl (C=O) groups is 2. The number of aliphatic hydroxyl groups excluding tert-OH is 1. The molecule has 1 aliphatic rings. The Morgan fingerprint density at radius 3 is 2.62 bits per heavy atom. The molecule has 1 fully saturated rings. The molecule has 6 nitrogen and oxygen atoms in total. The first-order valence-electron chi connectivity index (χ1n) is 9.40. The summed E-state index contributed by atoms with van der Waals surface area (Å²) in [5, 5.41) is 20.6. The van der Waals surface area contributed by atoms with E-state index >= 15 is 0 Å². The van der Waals surface area contributed by atoms with Gasteiger partial charge in [-0.05, 0) is 48.2 Å². The van der Waals surface area contributed by atoms with Gasteiger partial charge in [-0.2, -0.15) is 0 Å². The van der Waals surface area contributed by atoms with Crippen LogP contribution in [0.15, 0.2) is 48.5 Å². The number of ether oxygens (including phenoxy) is 1. The van der Waals surface area contributed by atoms with E-state index in [2.05, 4.69) is 0 Å². The zero-order chi connectivity index (χ0) is 21.0. The van der Waals surface area contributed by atoms with Gasteiger partial charge in [-0.15, -0.1) is 0 Å². The third kappa shape index (κ3) is 4.56. The van der Waals surface area contributed by atoms with Gasteiger partial charge in [0.05, 0.1) is 19.6 Å². The number of piperidine rings is 1. The first kappa shape index (κ1) is 20.8. The lowest BCUT2D eigenvalue weighted by Crippen LogP contribution is -2.58. The highest BCUT2D eigenvalue weighted by Gasteiger charge is 2.50. The van der Waals surface area contributed by atoms with Crippen molar-refractivity contribution in [1.29, 1.82) is 0 Å². The fourth-order valence-electron chi connectivity index (χ4n) is 3.83. The van der Waals surface area contributed by atoms with E-state index in [4.69, 9.17) is 4.74 Å². The van der Waals surface area contributed by atoms with E-state index in [1.54, 1.807) is 30.3 Å². The Morgan fingerprint density at radius 2 is 1.93 bits per heavy atom. The van der Waals surface area contributed by atoms with E-state index < -0.39 is 23.3 Å². The molecule has 154 valence electrons. The summed E-state index contributed by atoms with van der Waals surface area (Å²) in [4.78, 5) is 26.4. The van der Waals surface area contributed by atoms with E-state index in [9.17, 15) is 24.2 Å². The molecule has 0 saturated carbocycles. The molecule has 29 heavy (non-hydrogen) atoms. The quantitative estimate of drug-likeness (QED) is 0.776. The Bertz CT molecular complexity index is 902. The second-order valence-corrected chi connectivity index (χ2v) is 7.42. The number of aliphatic carboxylic acids is 1. The smallest absolute Gasteiger partial charge is 0.314 e. The predicted molar refractivity (Wildman–Crippen MR) is 104 cm³/mol. The lowest BCUT2D eigenvalue weighted by molar-refractivity contribution is -0.165. The summed E-state index contributed by atoms with van der Waals surface area (Å²) in [6.07, 6.45) is -0.900. The van der Waals surface area contributed by atoms with Crippen molar-refractivity contribution >= 4 is 11.9 Å². The van der Waals surface area contributed by atoms with Crippen LogP contribution < -0.4 is 4.74 Å². The molecule has 0 unspecified atom stereocenters. The lowest BCUT2D eigenvalue weighted by atomic mass is 9.72. The minimum absolute atomic E-state index is 0.0251. The Morgan fingerprint density at radius 1 is 1.21 bits per heavy atom. The number of carboxylic acids is 1. The van der Waals surface area contributed by atoms with Crippen LogP contribution >= 0.6 is 0 Å². The predicted octanol–water partition coefficient (Wildman–Crippen LogP) is 2.28. The highest BCUT2D eigenvalue weighted by atomic mass is 19.1. The van der Waals surface area contributed by atoms with Crippen LogP contribution in [0.2, 0.25) is 0 Å². The molecule has 2 atom stereocenters. The Kier molecular flexibility index (Phi) is 6.17.